The van der Waals surface area contributed by atoms with Gasteiger partial charge >= 0.3 is 5.97 Å². The van der Waals surface area contributed by atoms with E-state index in [0.717, 1.165) is 36.4 Å². The second-order valence-corrected chi connectivity index (χ2v) is 6.82. The summed E-state index contributed by atoms with van der Waals surface area (Å²) in [5.41, 5.74) is 1.84. The molecule has 5 nitrogen and oxygen atoms in total. The fourth-order valence-corrected chi connectivity index (χ4v) is 4.40. The van der Waals surface area contributed by atoms with E-state index < -0.39 is 0 Å². The van der Waals surface area contributed by atoms with Gasteiger partial charge in [-0.2, -0.15) is 0 Å². The Morgan fingerprint density at radius 1 is 1.30 bits per heavy atom. The number of thiophene rings is 1. The van der Waals surface area contributed by atoms with Crippen LogP contribution in [0.25, 0.3) is 31.3 Å². The maximum Gasteiger partial charge on any atom is 0.316 e. The van der Waals surface area contributed by atoms with Crippen molar-refractivity contribution in [2.24, 2.45) is 0 Å². The molecular weight excluding hydrogens is 330 g/mol. The van der Waals surface area contributed by atoms with Gasteiger partial charge in [-0.05, 0) is 12.1 Å². The van der Waals surface area contributed by atoms with Crippen LogP contribution in [0, 0.1) is 0 Å². The van der Waals surface area contributed by atoms with Crippen molar-refractivity contribution in [1.29, 1.82) is 0 Å². The number of fused-ring (bicyclic) bond motifs is 4. The maximum atomic E-state index is 11.4. The van der Waals surface area contributed by atoms with Gasteiger partial charge in [0, 0.05) is 10.8 Å². The van der Waals surface area contributed by atoms with Crippen molar-refractivity contribution < 1.29 is 9.53 Å². The van der Waals surface area contributed by atoms with E-state index in [4.69, 9.17) is 4.98 Å². The highest BCUT2D eigenvalue weighted by Crippen LogP contribution is 2.37. The number of pyridine rings is 1. The van der Waals surface area contributed by atoms with E-state index in [1.807, 2.05) is 24.3 Å². The van der Waals surface area contributed by atoms with Crippen molar-refractivity contribution in [3.05, 3.63) is 36.7 Å². The third-order valence-electron chi connectivity index (χ3n) is 3.47. The first-order valence-corrected chi connectivity index (χ1v) is 8.69. The van der Waals surface area contributed by atoms with Crippen molar-refractivity contribution in [2.75, 3.05) is 12.9 Å². The van der Waals surface area contributed by atoms with Gasteiger partial charge in [0.1, 0.15) is 16.2 Å². The summed E-state index contributed by atoms with van der Waals surface area (Å²) < 4.78 is 5.64. The lowest BCUT2D eigenvalue weighted by Gasteiger charge is -2.00. The number of benzene rings is 1. The highest BCUT2D eigenvalue weighted by Gasteiger charge is 2.14. The third-order valence-corrected chi connectivity index (χ3v) is 5.66. The zero-order valence-electron chi connectivity index (χ0n) is 12.1. The number of aromatic nitrogens is 3. The normalized spacial score (nSPS) is 11.3. The molecule has 23 heavy (non-hydrogen) atoms. The molecule has 0 aliphatic carbocycles. The molecule has 3 aromatic heterocycles. The zero-order chi connectivity index (χ0) is 15.8. The van der Waals surface area contributed by atoms with Crippen molar-refractivity contribution in [3.8, 4) is 0 Å². The summed E-state index contributed by atoms with van der Waals surface area (Å²) in [6, 6.07) is 10.1. The molecule has 0 fully saturated rings. The van der Waals surface area contributed by atoms with E-state index in [2.05, 4.69) is 20.8 Å². The molecule has 0 amide bonds. The van der Waals surface area contributed by atoms with Gasteiger partial charge in [-0.1, -0.05) is 30.0 Å². The van der Waals surface area contributed by atoms with Gasteiger partial charge in [-0.15, -0.1) is 11.3 Å². The first-order chi connectivity index (χ1) is 11.3. The van der Waals surface area contributed by atoms with E-state index >= 15 is 0 Å². The fourth-order valence-electron chi connectivity index (χ4n) is 2.37. The molecule has 0 atom stereocenters. The Hall–Kier alpha value is -2.25. The molecule has 0 bridgehead atoms. The summed E-state index contributed by atoms with van der Waals surface area (Å²) in [5, 5.41) is 2.89. The summed E-state index contributed by atoms with van der Waals surface area (Å²) in [5.74, 6) is -0.0431. The van der Waals surface area contributed by atoms with Gasteiger partial charge in [0.15, 0.2) is 0 Å². The van der Waals surface area contributed by atoms with Crippen molar-refractivity contribution in [2.45, 2.75) is 5.03 Å². The van der Waals surface area contributed by atoms with E-state index in [-0.39, 0.29) is 11.7 Å². The van der Waals surface area contributed by atoms with Crippen LogP contribution >= 0.6 is 23.1 Å². The van der Waals surface area contributed by atoms with Crippen molar-refractivity contribution in [3.63, 3.8) is 0 Å². The number of nitrogens with zero attached hydrogens (tertiary/aromatic N) is 3. The number of thioether (sulfide) groups is 1. The van der Waals surface area contributed by atoms with Crippen LogP contribution in [-0.4, -0.2) is 33.8 Å². The van der Waals surface area contributed by atoms with Crippen LogP contribution in [-0.2, 0) is 9.53 Å². The van der Waals surface area contributed by atoms with E-state index in [9.17, 15) is 4.79 Å². The van der Waals surface area contributed by atoms with Gasteiger partial charge in [-0.3, -0.25) is 4.79 Å². The van der Waals surface area contributed by atoms with Gasteiger partial charge in [-0.25, -0.2) is 15.0 Å². The molecule has 3 heterocycles. The Balaban J connectivity index is 1.90. The Labute approximate surface area is 139 Å². The van der Waals surface area contributed by atoms with Crippen LogP contribution < -0.4 is 0 Å². The molecule has 7 heteroatoms. The minimum atomic E-state index is -0.272. The number of esters is 1. The predicted octanol–water partition coefficient (Wildman–Crippen LogP) is 3.66. The molecular formula is C16H11N3O2S2. The molecule has 0 radical (unpaired) electrons. The average Bonchev–Trinajstić information content (AvgIpc) is 2.95. The van der Waals surface area contributed by atoms with Gasteiger partial charge < -0.3 is 4.74 Å². The Bertz CT molecular complexity index is 1050. The van der Waals surface area contributed by atoms with Crippen LogP contribution in [0.4, 0.5) is 0 Å². The number of carbonyl (C=O) groups excluding carboxylic acids is 1. The number of methoxy groups -OCH3 is 1. The lowest BCUT2D eigenvalue weighted by molar-refractivity contribution is -0.137. The number of para-hydroxylation sites is 1. The summed E-state index contributed by atoms with van der Waals surface area (Å²) >= 11 is 2.91. The van der Waals surface area contributed by atoms with E-state index in [0.29, 0.717) is 0 Å². The second kappa shape index (κ2) is 5.75. The van der Waals surface area contributed by atoms with E-state index in [1.165, 1.54) is 25.2 Å². The summed E-state index contributed by atoms with van der Waals surface area (Å²) in [7, 11) is 1.38. The van der Waals surface area contributed by atoms with Crippen LogP contribution in [0.2, 0.25) is 0 Å². The Morgan fingerprint density at radius 2 is 2.17 bits per heavy atom. The highest BCUT2D eigenvalue weighted by atomic mass is 32.2. The molecule has 0 spiro atoms. The Kier molecular flexibility index (Phi) is 3.59. The molecule has 0 saturated heterocycles. The van der Waals surface area contributed by atoms with Gasteiger partial charge in [0.2, 0.25) is 0 Å². The molecule has 114 valence electrons. The highest BCUT2D eigenvalue weighted by molar-refractivity contribution is 8.00. The molecule has 0 N–H and O–H groups in total. The number of rotatable bonds is 3. The molecule has 0 saturated carbocycles. The topological polar surface area (TPSA) is 65.0 Å². The van der Waals surface area contributed by atoms with Crippen LogP contribution in [0.15, 0.2) is 41.7 Å². The zero-order valence-corrected chi connectivity index (χ0v) is 13.8. The molecule has 4 rings (SSSR count). The third kappa shape index (κ3) is 2.51. The number of hydrogen-bond acceptors (Lipinski definition) is 7. The summed E-state index contributed by atoms with van der Waals surface area (Å²) in [4.78, 5) is 25.7. The number of ether oxygens (including phenoxy) is 1. The Morgan fingerprint density at radius 3 is 3.04 bits per heavy atom. The first-order valence-electron chi connectivity index (χ1n) is 6.89. The van der Waals surface area contributed by atoms with Crippen LogP contribution in [0.5, 0.6) is 0 Å². The quantitative estimate of drug-likeness (QED) is 0.322. The maximum absolute atomic E-state index is 11.4. The molecule has 4 aromatic rings. The van der Waals surface area contributed by atoms with E-state index in [1.54, 1.807) is 11.3 Å². The predicted molar refractivity (Wildman–Crippen MR) is 93.0 cm³/mol. The fraction of sp³-hybridized carbons (Fsp3) is 0.125. The molecule has 0 aliphatic heterocycles. The number of hydrogen-bond donors (Lipinski definition) is 0. The smallest absolute Gasteiger partial charge is 0.316 e. The summed E-state index contributed by atoms with van der Waals surface area (Å²) in [6.07, 6.45) is 1.53. The molecule has 1 aromatic carbocycles. The number of carbonyl (C=O) groups is 1. The standard InChI is InChI=1S/C16H11N3O2S2/c1-21-12(20)7-22-16-14-13(17-8-18-16)10-6-9-4-2-3-5-11(9)19-15(10)23-14/h2-6,8H,7H2,1H3. The minimum absolute atomic E-state index is 0.228. The first kappa shape index (κ1) is 14.3. The van der Waals surface area contributed by atoms with Gasteiger partial charge in [0.05, 0.1) is 28.6 Å². The largest absolute Gasteiger partial charge is 0.468 e. The monoisotopic (exact) mass is 341 g/mol. The SMILES string of the molecule is COC(=O)CSc1ncnc2c1sc1nc3ccccc3cc12. The second-order valence-electron chi connectivity index (χ2n) is 4.86. The summed E-state index contributed by atoms with van der Waals surface area (Å²) in [6.45, 7) is 0. The lowest BCUT2D eigenvalue weighted by atomic mass is 10.2. The van der Waals surface area contributed by atoms with Crippen LogP contribution in [0.3, 0.4) is 0 Å². The molecule has 0 unspecified atom stereocenters. The van der Waals surface area contributed by atoms with Crippen molar-refractivity contribution >= 4 is 60.4 Å². The lowest BCUT2D eigenvalue weighted by Crippen LogP contribution is -2.03. The van der Waals surface area contributed by atoms with Gasteiger partial charge in [0.25, 0.3) is 0 Å². The molecule has 0 aliphatic rings. The van der Waals surface area contributed by atoms with Crippen molar-refractivity contribution in [1.82, 2.24) is 15.0 Å². The van der Waals surface area contributed by atoms with Crippen LogP contribution in [0.1, 0.15) is 0 Å². The average molecular weight is 341 g/mol. The minimum Gasteiger partial charge on any atom is -0.468 e.